The molecule has 2 rings (SSSR count). The van der Waals surface area contributed by atoms with Crippen molar-refractivity contribution < 1.29 is 19.1 Å². The van der Waals surface area contributed by atoms with Crippen molar-refractivity contribution >= 4 is 24.1 Å². The molecule has 4 nitrogen and oxygen atoms in total. The fourth-order valence-corrected chi connectivity index (χ4v) is 3.76. The molecule has 0 aromatic heterocycles. The van der Waals surface area contributed by atoms with E-state index < -0.39 is 11.9 Å². The van der Waals surface area contributed by atoms with Gasteiger partial charge in [-0.15, -0.1) is 0 Å². The lowest BCUT2D eigenvalue weighted by atomic mass is 9.91. The summed E-state index contributed by atoms with van der Waals surface area (Å²) >= 11 is 0. The van der Waals surface area contributed by atoms with E-state index in [1.807, 2.05) is 30.3 Å². The SMILES string of the molecule is C=CC(=O)Oc1ccc(C=Cc2ccc(OC(=O)C=C)c(CCCCC)c2CCCCC)cc1. The van der Waals surface area contributed by atoms with Gasteiger partial charge in [0.15, 0.2) is 0 Å². The molecule has 34 heavy (non-hydrogen) atoms. The number of carbonyl (C=O) groups excluding carboxylic acids is 2. The molecule has 0 fully saturated rings. The fourth-order valence-electron chi connectivity index (χ4n) is 3.76. The molecule has 0 radical (unpaired) electrons. The van der Waals surface area contributed by atoms with Gasteiger partial charge in [0.1, 0.15) is 11.5 Å². The summed E-state index contributed by atoms with van der Waals surface area (Å²) in [5, 5.41) is 0. The molecule has 0 saturated carbocycles. The molecular weight excluding hydrogens is 424 g/mol. The minimum atomic E-state index is -0.479. The highest BCUT2D eigenvalue weighted by molar-refractivity contribution is 5.84. The highest BCUT2D eigenvalue weighted by atomic mass is 16.5. The summed E-state index contributed by atoms with van der Waals surface area (Å²) in [6, 6.07) is 11.2. The normalized spacial score (nSPS) is 10.8. The average molecular weight is 461 g/mol. The van der Waals surface area contributed by atoms with Crippen LogP contribution in [0.2, 0.25) is 0 Å². The van der Waals surface area contributed by atoms with E-state index in [2.05, 4.69) is 33.1 Å². The number of rotatable bonds is 14. The van der Waals surface area contributed by atoms with Gasteiger partial charge >= 0.3 is 11.9 Å². The summed E-state index contributed by atoms with van der Waals surface area (Å²) < 4.78 is 10.8. The standard InChI is InChI=1S/C30H36O4/c1-5-9-11-13-26-24(18-15-23-16-20-25(21-17-23)33-29(31)7-3)19-22-28(34-30(32)8-4)27(26)14-12-10-6-2/h7-8,15-22H,3-6,9-14H2,1-2H3. The molecule has 0 aliphatic rings. The number of carbonyl (C=O) groups is 2. The minimum absolute atomic E-state index is 0.434. The van der Waals surface area contributed by atoms with E-state index in [4.69, 9.17) is 9.47 Å². The van der Waals surface area contributed by atoms with Crippen LogP contribution >= 0.6 is 0 Å². The van der Waals surface area contributed by atoms with E-state index >= 15 is 0 Å². The maximum Gasteiger partial charge on any atom is 0.335 e. The van der Waals surface area contributed by atoms with Gasteiger partial charge in [0, 0.05) is 12.2 Å². The maximum atomic E-state index is 12.0. The van der Waals surface area contributed by atoms with Gasteiger partial charge in [0.25, 0.3) is 0 Å². The van der Waals surface area contributed by atoms with Gasteiger partial charge in [-0.2, -0.15) is 0 Å². The summed E-state index contributed by atoms with van der Waals surface area (Å²) in [5.41, 5.74) is 4.48. The quantitative estimate of drug-likeness (QED) is 0.0962. The largest absolute Gasteiger partial charge is 0.423 e. The van der Waals surface area contributed by atoms with E-state index in [0.29, 0.717) is 11.5 Å². The van der Waals surface area contributed by atoms with Crippen LogP contribution in [-0.4, -0.2) is 11.9 Å². The van der Waals surface area contributed by atoms with Crippen LogP contribution in [0.15, 0.2) is 61.7 Å². The Hall–Kier alpha value is -3.40. The van der Waals surface area contributed by atoms with Crippen LogP contribution in [-0.2, 0) is 22.4 Å². The van der Waals surface area contributed by atoms with Crippen LogP contribution in [0.4, 0.5) is 0 Å². The number of ether oxygens (including phenoxy) is 2. The second-order valence-electron chi connectivity index (χ2n) is 8.18. The van der Waals surface area contributed by atoms with Gasteiger partial charge in [-0.3, -0.25) is 0 Å². The number of hydrogen-bond acceptors (Lipinski definition) is 4. The molecule has 2 aromatic carbocycles. The maximum absolute atomic E-state index is 12.0. The molecule has 0 N–H and O–H groups in total. The first kappa shape index (κ1) is 26.8. The Bertz CT molecular complexity index is 999. The summed E-state index contributed by atoms with van der Waals surface area (Å²) in [6.45, 7) is 11.3. The summed E-state index contributed by atoms with van der Waals surface area (Å²) in [5.74, 6) is 0.205. The number of unbranched alkanes of at least 4 members (excludes halogenated alkanes) is 4. The summed E-state index contributed by atoms with van der Waals surface area (Å²) in [4.78, 5) is 23.3. The van der Waals surface area contributed by atoms with Crippen molar-refractivity contribution in [3.05, 3.63) is 84.0 Å². The Balaban J connectivity index is 2.38. The molecule has 0 aliphatic heterocycles. The van der Waals surface area contributed by atoms with E-state index in [-0.39, 0.29) is 0 Å². The fraction of sp³-hybridized carbons (Fsp3) is 0.333. The van der Waals surface area contributed by atoms with Gasteiger partial charge in [0.05, 0.1) is 0 Å². The van der Waals surface area contributed by atoms with E-state index in [0.717, 1.165) is 74.1 Å². The van der Waals surface area contributed by atoms with Gasteiger partial charge in [-0.25, -0.2) is 9.59 Å². The first-order valence-corrected chi connectivity index (χ1v) is 12.1. The van der Waals surface area contributed by atoms with Crippen molar-refractivity contribution in [3.8, 4) is 11.5 Å². The third-order valence-corrected chi connectivity index (χ3v) is 5.58. The molecule has 0 bridgehead atoms. The van der Waals surface area contributed by atoms with Crippen molar-refractivity contribution in [2.24, 2.45) is 0 Å². The first-order valence-electron chi connectivity index (χ1n) is 12.1. The second-order valence-corrected chi connectivity index (χ2v) is 8.18. The Labute approximate surface area is 204 Å². The van der Waals surface area contributed by atoms with Crippen molar-refractivity contribution in [1.29, 1.82) is 0 Å². The summed E-state index contributed by atoms with van der Waals surface area (Å²) in [6.07, 6.45) is 15.0. The predicted octanol–water partition coefficient (Wildman–Crippen LogP) is 7.51. The zero-order valence-corrected chi connectivity index (χ0v) is 20.5. The average Bonchev–Trinajstić information content (AvgIpc) is 2.85. The highest BCUT2D eigenvalue weighted by Gasteiger charge is 2.15. The molecule has 0 aliphatic carbocycles. The zero-order valence-electron chi connectivity index (χ0n) is 20.5. The first-order chi connectivity index (χ1) is 16.5. The zero-order chi connectivity index (χ0) is 24.8. The smallest absolute Gasteiger partial charge is 0.335 e. The van der Waals surface area contributed by atoms with Gasteiger partial charge in [-0.05, 0) is 66.1 Å². The summed E-state index contributed by atoms with van der Waals surface area (Å²) in [7, 11) is 0. The Morgan fingerprint density at radius 3 is 1.91 bits per heavy atom. The molecule has 2 aromatic rings. The van der Waals surface area contributed by atoms with Crippen molar-refractivity contribution in [2.45, 2.75) is 65.2 Å². The number of hydrogen-bond donors (Lipinski definition) is 0. The third-order valence-electron chi connectivity index (χ3n) is 5.58. The third kappa shape index (κ3) is 8.51. The number of esters is 2. The van der Waals surface area contributed by atoms with Gasteiger partial charge < -0.3 is 9.47 Å². The lowest BCUT2D eigenvalue weighted by Crippen LogP contribution is -2.08. The van der Waals surface area contributed by atoms with Crippen LogP contribution in [0, 0.1) is 0 Å². The van der Waals surface area contributed by atoms with Crippen LogP contribution in [0.25, 0.3) is 12.2 Å². The van der Waals surface area contributed by atoms with Crippen LogP contribution in [0.1, 0.15) is 74.6 Å². The minimum Gasteiger partial charge on any atom is -0.423 e. The van der Waals surface area contributed by atoms with E-state index in [1.165, 1.54) is 11.6 Å². The molecule has 0 atom stereocenters. The molecule has 0 heterocycles. The van der Waals surface area contributed by atoms with Gasteiger partial charge in [-0.1, -0.05) is 83.0 Å². The molecule has 0 spiro atoms. The molecule has 0 amide bonds. The monoisotopic (exact) mass is 460 g/mol. The van der Waals surface area contributed by atoms with Crippen LogP contribution in [0.3, 0.4) is 0 Å². The Morgan fingerprint density at radius 1 is 0.735 bits per heavy atom. The lowest BCUT2D eigenvalue weighted by Gasteiger charge is -2.17. The molecule has 180 valence electrons. The number of benzene rings is 2. The molecule has 0 saturated heterocycles. The lowest BCUT2D eigenvalue weighted by molar-refractivity contribution is -0.129. The Kier molecular flexibility index (Phi) is 11.6. The van der Waals surface area contributed by atoms with E-state index in [9.17, 15) is 9.59 Å². The predicted molar refractivity (Wildman–Crippen MR) is 140 cm³/mol. The van der Waals surface area contributed by atoms with Gasteiger partial charge in [0.2, 0.25) is 0 Å². The Morgan fingerprint density at radius 2 is 1.32 bits per heavy atom. The van der Waals surface area contributed by atoms with Crippen molar-refractivity contribution in [3.63, 3.8) is 0 Å². The highest BCUT2D eigenvalue weighted by Crippen LogP contribution is 2.31. The van der Waals surface area contributed by atoms with Crippen LogP contribution in [0.5, 0.6) is 11.5 Å². The topological polar surface area (TPSA) is 52.6 Å². The molecular formula is C30H36O4. The second kappa shape index (κ2) is 14.7. The van der Waals surface area contributed by atoms with Crippen molar-refractivity contribution in [2.75, 3.05) is 0 Å². The molecule has 0 unspecified atom stereocenters. The van der Waals surface area contributed by atoms with Crippen LogP contribution < -0.4 is 9.47 Å². The molecule has 4 heteroatoms. The van der Waals surface area contributed by atoms with Crippen molar-refractivity contribution in [1.82, 2.24) is 0 Å². The van der Waals surface area contributed by atoms with E-state index in [1.54, 1.807) is 12.1 Å².